The maximum atomic E-state index is 12.7. The number of nitrogens with one attached hydrogen (secondary N) is 3. The number of aryl methyl sites for hydroxylation is 3. The van der Waals surface area contributed by atoms with Gasteiger partial charge in [0.15, 0.2) is 20.4 Å². The molecule has 3 aliphatic heterocycles. The van der Waals surface area contributed by atoms with Gasteiger partial charge < -0.3 is 45.1 Å². The summed E-state index contributed by atoms with van der Waals surface area (Å²) in [5, 5.41) is 32.5. The molecule has 0 aliphatic carbocycles. The highest BCUT2D eigenvalue weighted by atomic mass is 79.9. The summed E-state index contributed by atoms with van der Waals surface area (Å²) >= 11 is 15.6. The molecule has 0 unspecified atom stereocenters. The molecular formula is C58H65BBr2ClN7O11S3. The van der Waals surface area contributed by atoms with E-state index in [1.54, 1.807) is 30.0 Å². The molecule has 0 radical (unpaired) electrons. The van der Waals surface area contributed by atoms with E-state index in [0.29, 0.717) is 70.5 Å². The van der Waals surface area contributed by atoms with E-state index in [9.17, 15) is 39.0 Å². The van der Waals surface area contributed by atoms with Gasteiger partial charge in [-0.2, -0.15) is 0 Å². The lowest BCUT2D eigenvalue weighted by molar-refractivity contribution is 0.00578. The number of carbonyl (C=O) groups is 6. The van der Waals surface area contributed by atoms with Crippen LogP contribution in [0.1, 0.15) is 141 Å². The lowest BCUT2D eigenvalue weighted by atomic mass is 9.78. The molecule has 25 heteroatoms. The summed E-state index contributed by atoms with van der Waals surface area (Å²) in [6.07, 6.45) is 4.37. The van der Waals surface area contributed by atoms with E-state index in [1.807, 2.05) is 92.6 Å². The normalized spacial score (nSPS) is 15.9. The Morgan fingerprint density at radius 3 is 1.65 bits per heavy atom. The summed E-state index contributed by atoms with van der Waals surface area (Å²) in [4.78, 5) is 86.2. The Morgan fingerprint density at radius 1 is 0.711 bits per heavy atom. The average Bonchev–Trinajstić information content (AvgIpc) is 4.36. The predicted molar refractivity (Wildman–Crippen MR) is 335 cm³/mol. The Balaban J connectivity index is 0.000000166. The second-order valence-electron chi connectivity index (χ2n) is 21.9. The van der Waals surface area contributed by atoms with Gasteiger partial charge in [0.1, 0.15) is 36.7 Å². The monoisotopic (exact) mass is 1340 g/mol. The first kappa shape index (κ1) is 64.9. The lowest BCUT2D eigenvalue weighted by Crippen LogP contribution is -2.47. The number of nitrogens with zero attached hydrogens (tertiary/aromatic N) is 4. The molecule has 7 aromatic rings. The highest BCUT2D eigenvalue weighted by molar-refractivity contribution is 9.11. The van der Waals surface area contributed by atoms with Crippen LogP contribution in [0.2, 0.25) is 0 Å². The predicted octanol–water partition coefficient (Wildman–Crippen LogP) is 11.9. The van der Waals surface area contributed by atoms with E-state index >= 15 is 0 Å². The van der Waals surface area contributed by atoms with Crippen molar-refractivity contribution in [3.63, 3.8) is 0 Å². The summed E-state index contributed by atoms with van der Waals surface area (Å²) in [6, 6.07) is 18.1. The molecular weight excluding hydrogens is 1270 g/mol. The molecule has 3 amide bonds. The number of amides is 3. The number of piperidine rings is 2. The summed E-state index contributed by atoms with van der Waals surface area (Å²) in [6.45, 7) is 22.0. The standard InChI is InChI=1S/C21H21N3O3S.C17H19BO4.C15H22BrN3O3S.C5H3BrClNOS/c1-12-19(20(27)24-15-6-8-22-9-7-15)28-21(23-12)14-2-4-16-13(10-14)3-5-18(26)17(16)11-25;1-16(2)17(3,4)22-18(21-16)12-6-7-13-11(9-12)5-8-15(20)14(13)10-19;1-9-11(23-13(16)17-9)12(20)18-10-5-7-19(8-6-10)14(21)22-15(2,3)4;1-2-3(4(7)9)10-5(6)8-2/h2-5,10-11,15,22,26H,6-9H2,1H3,(H,24,27);5-10,20H,1-4H3;10H,5-8H2,1-4H3,(H,18,20);1H3. The summed E-state index contributed by atoms with van der Waals surface area (Å²) in [5.41, 5.74) is 3.20. The third-order valence-electron chi connectivity index (χ3n) is 14.2. The van der Waals surface area contributed by atoms with Gasteiger partial charge >= 0.3 is 13.2 Å². The molecule has 3 saturated heterocycles. The fourth-order valence-electron chi connectivity index (χ4n) is 9.06. The van der Waals surface area contributed by atoms with Gasteiger partial charge in [-0.25, -0.2) is 19.7 Å². The summed E-state index contributed by atoms with van der Waals surface area (Å²) in [7, 11) is -0.442. The number of thiazole rings is 3. The Kier molecular flexibility index (Phi) is 21.5. The molecule has 18 nitrogen and oxygen atoms in total. The van der Waals surface area contributed by atoms with Crippen LogP contribution in [0, 0.1) is 20.8 Å². The number of phenolic OH excluding ortho intramolecular Hbond substituents is 2. The van der Waals surface area contributed by atoms with Crippen molar-refractivity contribution in [2.24, 2.45) is 0 Å². The van der Waals surface area contributed by atoms with Crippen molar-refractivity contribution in [3.8, 4) is 22.1 Å². The molecule has 6 heterocycles. The van der Waals surface area contributed by atoms with Gasteiger partial charge in [-0.15, -0.1) is 34.0 Å². The Hall–Kier alpha value is -5.70. The SMILES string of the molecule is CC1(C)OB(c2ccc3c(C=O)c(O)ccc3c2)OC1(C)C.Cc1nc(-c2ccc3c(C=O)c(O)ccc3c2)sc1C(=O)NC1CCNCC1.Cc1nc(Br)sc1C(=O)Cl.Cc1nc(Br)sc1C(=O)NC1CCN(C(=O)OC(C)(C)C)CC1. The minimum atomic E-state index is -0.487. The van der Waals surface area contributed by atoms with Gasteiger partial charge in [-0.3, -0.25) is 24.0 Å². The molecule has 0 atom stereocenters. The maximum Gasteiger partial charge on any atom is 0.494 e. The fourth-order valence-corrected chi connectivity index (χ4v) is 13.1. The van der Waals surface area contributed by atoms with Crippen LogP contribution in [-0.2, 0) is 14.0 Å². The molecule has 0 saturated carbocycles. The van der Waals surface area contributed by atoms with E-state index < -0.39 is 29.2 Å². The molecule has 0 spiro atoms. The third-order valence-corrected chi connectivity index (χ3v) is 18.9. The van der Waals surface area contributed by atoms with Crippen LogP contribution < -0.4 is 21.4 Å². The first-order valence-electron chi connectivity index (χ1n) is 26.6. The van der Waals surface area contributed by atoms with Crippen LogP contribution >= 0.6 is 77.5 Å². The zero-order chi connectivity index (χ0) is 60.7. The Bertz CT molecular complexity index is 3540. The van der Waals surface area contributed by atoms with E-state index in [1.165, 1.54) is 46.1 Å². The molecule has 10 rings (SSSR count). The number of fused-ring (bicyclic) bond motifs is 2. The van der Waals surface area contributed by atoms with Crippen LogP contribution in [0.4, 0.5) is 4.79 Å². The van der Waals surface area contributed by atoms with Gasteiger partial charge in [0.2, 0.25) is 0 Å². The molecule has 0 bridgehead atoms. The van der Waals surface area contributed by atoms with Crippen molar-refractivity contribution in [2.45, 2.75) is 124 Å². The second kappa shape index (κ2) is 27.6. The van der Waals surface area contributed by atoms with Gasteiger partial charge in [0, 0.05) is 30.7 Å². The molecule has 3 fully saturated rings. The topological polar surface area (TPSA) is 249 Å². The number of aldehydes is 2. The number of carbonyl (C=O) groups excluding carboxylic acids is 6. The fraction of sp³-hybridized carbons (Fsp3) is 0.397. The van der Waals surface area contributed by atoms with Crippen molar-refractivity contribution in [1.82, 2.24) is 35.8 Å². The van der Waals surface area contributed by atoms with Crippen molar-refractivity contribution >= 4 is 147 Å². The van der Waals surface area contributed by atoms with Crippen molar-refractivity contribution in [3.05, 3.63) is 111 Å². The van der Waals surface area contributed by atoms with Gasteiger partial charge in [0.25, 0.3) is 17.1 Å². The molecule has 440 valence electrons. The minimum Gasteiger partial charge on any atom is -0.507 e. The summed E-state index contributed by atoms with van der Waals surface area (Å²) < 4.78 is 18.8. The highest BCUT2D eigenvalue weighted by Gasteiger charge is 2.51. The largest absolute Gasteiger partial charge is 0.507 e. The second-order valence-corrected chi connectivity index (χ2v) is 27.8. The average molecular weight is 1340 g/mol. The van der Waals surface area contributed by atoms with Crippen LogP contribution in [0.3, 0.4) is 0 Å². The number of ether oxygens (including phenoxy) is 1. The van der Waals surface area contributed by atoms with Crippen molar-refractivity contribution < 1.29 is 53.0 Å². The highest BCUT2D eigenvalue weighted by Crippen LogP contribution is 2.38. The number of likely N-dealkylation sites (tertiary alicyclic amines) is 1. The van der Waals surface area contributed by atoms with Crippen LogP contribution in [0.25, 0.3) is 32.1 Å². The van der Waals surface area contributed by atoms with Gasteiger partial charge in [-0.1, -0.05) is 42.5 Å². The zero-order valence-corrected chi connectivity index (χ0v) is 53.9. The van der Waals surface area contributed by atoms with Gasteiger partial charge in [-0.05, 0) is 197 Å². The zero-order valence-electron chi connectivity index (χ0n) is 47.5. The van der Waals surface area contributed by atoms with Crippen LogP contribution in [0.5, 0.6) is 11.5 Å². The molecule has 83 heavy (non-hydrogen) atoms. The number of aromatic nitrogens is 3. The molecule has 4 aromatic carbocycles. The number of halogens is 3. The van der Waals surface area contributed by atoms with E-state index in [-0.39, 0.29) is 47.1 Å². The third kappa shape index (κ3) is 16.4. The first-order valence-corrected chi connectivity index (χ1v) is 31.0. The van der Waals surface area contributed by atoms with E-state index in [4.69, 9.17) is 25.6 Å². The number of rotatable bonds is 9. The minimum absolute atomic E-state index is 0.00844. The number of hydrogen-bond acceptors (Lipinski definition) is 18. The lowest BCUT2D eigenvalue weighted by Gasteiger charge is -2.33. The summed E-state index contributed by atoms with van der Waals surface area (Å²) in [5.74, 6) is -0.202. The van der Waals surface area contributed by atoms with E-state index in [0.717, 1.165) is 76.7 Å². The van der Waals surface area contributed by atoms with Crippen molar-refractivity contribution in [2.75, 3.05) is 26.2 Å². The van der Waals surface area contributed by atoms with Crippen molar-refractivity contribution in [1.29, 1.82) is 0 Å². The maximum absolute atomic E-state index is 12.7. The number of hydrogen-bond donors (Lipinski definition) is 5. The quantitative estimate of drug-likeness (QED) is 0.0512. The van der Waals surface area contributed by atoms with Crippen LogP contribution in [-0.4, -0.2) is 128 Å². The first-order chi connectivity index (χ1) is 39.1. The smallest absolute Gasteiger partial charge is 0.494 e. The van der Waals surface area contributed by atoms with E-state index in [2.05, 4.69) is 62.8 Å². The number of aromatic hydroxyl groups is 2. The van der Waals surface area contributed by atoms with Crippen LogP contribution in [0.15, 0.2) is 68.5 Å². The Morgan fingerprint density at radius 2 is 1.18 bits per heavy atom. The molecule has 5 N–H and O–H groups in total. The number of phenols is 2. The van der Waals surface area contributed by atoms with Gasteiger partial charge in [0.05, 0.1) is 39.4 Å². The molecule has 3 aromatic heterocycles. The Labute approximate surface area is 515 Å². The molecule has 3 aliphatic rings. The number of benzene rings is 4.